The summed E-state index contributed by atoms with van der Waals surface area (Å²) in [5, 5.41) is 18.2. The maximum Gasteiger partial charge on any atom is 0.423 e. The Morgan fingerprint density at radius 1 is 1.36 bits per heavy atom. The number of nitrogens with zero attached hydrogens (tertiary/aromatic N) is 3. The fourth-order valence-electron chi connectivity index (χ4n) is 2.05. The van der Waals surface area contributed by atoms with E-state index in [2.05, 4.69) is 0 Å². The summed E-state index contributed by atoms with van der Waals surface area (Å²) < 4.78 is 35.0. The average Bonchev–Trinajstić information content (AvgIpc) is 2.58. The Bertz CT molecular complexity index is 1070. The molecule has 1 aromatic carbocycles. The van der Waals surface area contributed by atoms with Crippen molar-refractivity contribution < 1.29 is 27.2 Å². The zero-order valence-corrected chi connectivity index (χ0v) is 14.2. The zero-order chi connectivity index (χ0) is 18.9. The highest BCUT2D eigenvalue weighted by atomic mass is 32.2. The van der Waals surface area contributed by atoms with E-state index < -0.39 is 27.7 Å². The van der Waals surface area contributed by atoms with Crippen molar-refractivity contribution in [3.8, 4) is 17.6 Å². The molecule has 1 aromatic heterocycles. The molecule has 0 spiro atoms. The predicted molar refractivity (Wildman–Crippen MR) is 85.8 cm³/mol. The van der Waals surface area contributed by atoms with E-state index >= 15 is 0 Å². The van der Waals surface area contributed by atoms with Crippen LogP contribution in [-0.2, 0) is 17.4 Å². The zero-order valence-electron chi connectivity index (χ0n) is 13.4. The summed E-state index contributed by atoms with van der Waals surface area (Å²) in [4.78, 5) is 23.2. The number of methoxy groups -OCH3 is 1. The van der Waals surface area contributed by atoms with E-state index in [1.807, 2.05) is 0 Å². The number of rotatable bonds is 4. The lowest BCUT2D eigenvalue weighted by atomic mass is 10.1. The van der Waals surface area contributed by atoms with Gasteiger partial charge in [-0.3, -0.25) is 9.36 Å². The van der Waals surface area contributed by atoms with Crippen LogP contribution in [-0.4, -0.2) is 42.6 Å². The van der Waals surface area contributed by atoms with Crippen molar-refractivity contribution in [3.05, 3.63) is 34.2 Å². The number of carbonyl (C=O) groups is 1. The van der Waals surface area contributed by atoms with Gasteiger partial charge in [0.2, 0.25) is 0 Å². The number of carboxylic acid groups (broad SMARTS) is 1. The summed E-state index contributed by atoms with van der Waals surface area (Å²) in [5.41, 5.74) is -0.932. The molecule has 1 N–H and O–H groups in total. The Morgan fingerprint density at radius 2 is 2.00 bits per heavy atom. The lowest BCUT2D eigenvalue weighted by Crippen LogP contribution is -2.35. The molecule has 0 saturated heterocycles. The second-order valence-electron chi connectivity index (χ2n) is 4.86. The van der Waals surface area contributed by atoms with Gasteiger partial charge in [-0.2, -0.15) is 18.0 Å². The van der Waals surface area contributed by atoms with Crippen molar-refractivity contribution in [2.45, 2.75) is 0 Å². The molecule has 25 heavy (non-hydrogen) atoms. The van der Waals surface area contributed by atoms with Crippen LogP contribution in [0.25, 0.3) is 10.8 Å². The maximum atomic E-state index is 12.3. The normalized spacial score (nSPS) is 11.0. The van der Waals surface area contributed by atoms with E-state index in [4.69, 9.17) is 14.0 Å². The highest BCUT2D eigenvalue weighted by Crippen LogP contribution is 2.31. The summed E-state index contributed by atoms with van der Waals surface area (Å²) in [6, 6.07) is 5.88. The van der Waals surface area contributed by atoms with Gasteiger partial charge in [0.05, 0.1) is 12.5 Å². The molecule has 132 valence electrons. The fraction of sp³-hybridized carbons (Fsp3) is 0.214. The number of hydrogen-bond acceptors (Lipinski definition) is 7. The predicted octanol–water partition coefficient (Wildman–Crippen LogP) is 0.652. The molecule has 0 aliphatic carbocycles. The molecular formula is C14H13N3O7S. The molecule has 0 unspecified atom stereocenters. The van der Waals surface area contributed by atoms with Gasteiger partial charge in [-0.1, -0.05) is 0 Å². The summed E-state index contributed by atoms with van der Waals surface area (Å²) in [6.45, 7) is 0. The molecule has 0 radical (unpaired) electrons. The van der Waals surface area contributed by atoms with Crippen LogP contribution >= 0.6 is 0 Å². The van der Waals surface area contributed by atoms with Gasteiger partial charge < -0.3 is 14.0 Å². The number of pyridine rings is 1. The summed E-state index contributed by atoms with van der Waals surface area (Å²) >= 11 is 0. The number of nitriles is 1. The van der Waals surface area contributed by atoms with Crippen molar-refractivity contribution in [1.82, 2.24) is 8.87 Å². The van der Waals surface area contributed by atoms with Gasteiger partial charge in [0, 0.05) is 19.5 Å². The number of amides is 1. The first-order chi connectivity index (χ1) is 11.6. The second kappa shape index (κ2) is 6.33. The quantitative estimate of drug-likeness (QED) is 0.831. The van der Waals surface area contributed by atoms with Gasteiger partial charge in [0.25, 0.3) is 5.56 Å². The van der Waals surface area contributed by atoms with E-state index in [9.17, 15) is 23.3 Å². The van der Waals surface area contributed by atoms with Crippen LogP contribution in [0.2, 0.25) is 0 Å². The van der Waals surface area contributed by atoms with Gasteiger partial charge in [0.1, 0.15) is 11.8 Å². The number of benzene rings is 1. The standard InChI is InChI=1S/C14H13N3O7S/c1-16-11(7-15)12(24-25(21,22)17(2)14(19)20)10-6-8(23-3)4-5-9(10)13(16)18/h4-6H,1-3H3,(H,19,20). The molecule has 0 saturated carbocycles. The first-order valence-electron chi connectivity index (χ1n) is 6.66. The van der Waals surface area contributed by atoms with Gasteiger partial charge >= 0.3 is 16.4 Å². The molecule has 0 fully saturated rings. The van der Waals surface area contributed by atoms with E-state index in [1.165, 1.54) is 32.4 Å². The molecule has 0 aliphatic heterocycles. The molecular weight excluding hydrogens is 354 g/mol. The van der Waals surface area contributed by atoms with Crippen LogP contribution in [0, 0.1) is 11.3 Å². The Hall–Kier alpha value is -3.26. The Balaban J connectivity index is 2.86. The van der Waals surface area contributed by atoms with Crippen LogP contribution in [0.3, 0.4) is 0 Å². The maximum absolute atomic E-state index is 12.3. The molecule has 0 atom stereocenters. The largest absolute Gasteiger partial charge is 0.497 e. The third-order valence-electron chi connectivity index (χ3n) is 3.46. The number of hydrogen-bond donors (Lipinski definition) is 1. The number of ether oxygens (including phenoxy) is 1. The van der Waals surface area contributed by atoms with Gasteiger partial charge in [-0.15, -0.1) is 0 Å². The minimum Gasteiger partial charge on any atom is -0.497 e. The number of fused-ring (bicyclic) bond motifs is 1. The highest BCUT2D eigenvalue weighted by molar-refractivity contribution is 7.85. The third kappa shape index (κ3) is 3.07. The first kappa shape index (κ1) is 18.1. The lowest BCUT2D eigenvalue weighted by Gasteiger charge is -2.17. The monoisotopic (exact) mass is 367 g/mol. The Labute approximate surface area is 142 Å². The summed E-state index contributed by atoms with van der Waals surface area (Å²) in [6.07, 6.45) is -1.77. The molecule has 2 aromatic rings. The van der Waals surface area contributed by atoms with E-state index in [1.54, 1.807) is 6.07 Å². The van der Waals surface area contributed by atoms with E-state index in [0.29, 0.717) is 5.75 Å². The van der Waals surface area contributed by atoms with Crippen LogP contribution in [0.4, 0.5) is 4.79 Å². The summed E-state index contributed by atoms with van der Waals surface area (Å²) in [5.74, 6) is -0.176. The SMILES string of the molecule is COc1ccc2c(=O)n(C)c(C#N)c(OS(=O)(=O)N(C)C(=O)O)c2c1. The molecule has 0 aliphatic rings. The van der Waals surface area contributed by atoms with Crippen molar-refractivity contribution in [2.24, 2.45) is 7.05 Å². The third-order valence-corrected chi connectivity index (χ3v) is 4.66. The Morgan fingerprint density at radius 3 is 2.52 bits per heavy atom. The average molecular weight is 367 g/mol. The molecule has 1 amide bonds. The van der Waals surface area contributed by atoms with Crippen LogP contribution in [0.15, 0.2) is 23.0 Å². The van der Waals surface area contributed by atoms with Gasteiger partial charge in [-0.25, -0.2) is 4.79 Å². The van der Waals surface area contributed by atoms with Crippen LogP contribution in [0.5, 0.6) is 11.5 Å². The van der Waals surface area contributed by atoms with Crippen molar-refractivity contribution in [3.63, 3.8) is 0 Å². The highest BCUT2D eigenvalue weighted by Gasteiger charge is 2.28. The fourth-order valence-corrected chi connectivity index (χ4v) is 2.74. The summed E-state index contributed by atoms with van der Waals surface area (Å²) in [7, 11) is -1.35. The van der Waals surface area contributed by atoms with Crippen molar-refractivity contribution >= 4 is 27.2 Å². The number of aromatic nitrogens is 1. The molecule has 0 bridgehead atoms. The smallest absolute Gasteiger partial charge is 0.423 e. The molecule has 1 heterocycles. The molecule has 2 rings (SSSR count). The van der Waals surface area contributed by atoms with E-state index in [-0.39, 0.29) is 20.8 Å². The van der Waals surface area contributed by atoms with Crippen LogP contribution in [0.1, 0.15) is 5.69 Å². The van der Waals surface area contributed by atoms with Gasteiger partial charge in [-0.05, 0) is 18.2 Å². The molecule has 11 heteroatoms. The Kier molecular flexibility index (Phi) is 4.58. The topological polar surface area (TPSA) is 139 Å². The van der Waals surface area contributed by atoms with Crippen LogP contribution < -0.4 is 14.5 Å². The first-order valence-corrected chi connectivity index (χ1v) is 8.02. The second-order valence-corrected chi connectivity index (χ2v) is 6.43. The van der Waals surface area contributed by atoms with E-state index in [0.717, 1.165) is 11.6 Å². The lowest BCUT2D eigenvalue weighted by molar-refractivity contribution is 0.175. The minimum atomic E-state index is -4.76. The minimum absolute atomic E-state index is 0.00126. The molecule has 10 nitrogen and oxygen atoms in total. The van der Waals surface area contributed by atoms with Crippen molar-refractivity contribution in [2.75, 3.05) is 14.2 Å². The van der Waals surface area contributed by atoms with Crippen molar-refractivity contribution in [1.29, 1.82) is 5.26 Å². The van der Waals surface area contributed by atoms with Gasteiger partial charge in [0.15, 0.2) is 11.4 Å².